The maximum atomic E-state index is 10.6. The highest BCUT2D eigenvalue weighted by molar-refractivity contribution is 5.83. The molecular formula is C9H12N2O2. The van der Waals surface area contributed by atoms with E-state index in [4.69, 9.17) is 5.73 Å². The summed E-state index contributed by atoms with van der Waals surface area (Å²) in [4.78, 5) is 14.3. The van der Waals surface area contributed by atoms with E-state index in [9.17, 15) is 4.79 Å². The molecule has 0 saturated carbocycles. The molecule has 0 aliphatic carbocycles. The van der Waals surface area contributed by atoms with E-state index in [0.717, 1.165) is 0 Å². The van der Waals surface area contributed by atoms with E-state index in [2.05, 4.69) is 16.3 Å². The summed E-state index contributed by atoms with van der Waals surface area (Å²) < 4.78 is 4.37. The molecule has 0 atom stereocenters. The van der Waals surface area contributed by atoms with E-state index in [1.807, 2.05) is 0 Å². The molecule has 70 valence electrons. The van der Waals surface area contributed by atoms with Crippen LogP contribution in [0.3, 0.4) is 0 Å². The number of allylic oxidation sites excluding steroid dienone is 2. The van der Waals surface area contributed by atoms with Crippen molar-refractivity contribution in [3.8, 4) is 0 Å². The van der Waals surface area contributed by atoms with Crippen molar-refractivity contribution < 1.29 is 9.53 Å². The monoisotopic (exact) mass is 180 g/mol. The van der Waals surface area contributed by atoms with Gasteiger partial charge in [0.25, 0.3) is 0 Å². The smallest absolute Gasteiger partial charge is 0.332 e. The van der Waals surface area contributed by atoms with Crippen LogP contribution in [-0.4, -0.2) is 19.3 Å². The quantitative estimate of drug-likeness (QED) is 0.301. The lowest BCUT2D eigenvalue weighted by Crippen LogP contribution is -2.01. The predicted molar refractivity (Wildman–Crippen MR) is 52.1 cm³/mol. The van der Waals surface area contributed by atoms with Gasteiger partial charge in [0.1, 0.15) is 0 Å². The van der Waals surface area contributed by atoms with Crippen molar-refractivity contribution in [3.05, 3.63) is 36.7 Å². The number of esters is 1. The van der Waals surface area contributed by atoms with Crippen molar-refractivity contribution in [2.75, 3.05) is 7.11 Å². The molecule has 0 aromatic heterocycles. The molecule has 0 aromatic carbocycles. The van der Waals surface area contributed by atoms with Crippen molar-refractivity contribution in [1.29, 1.82) is 0 Å². The van der Waals surface area contributed by atoms with Gasteiger partial charge in [0.2, 0.25) is 0 Å². The van der Waals surface area contributed by atoms with Gasteiger partial charge in [-0.1, -0.05) is 6.58 Å². The van der Waals surface area contributed by atoms with Crippen LogP contribution in [0.2, 0.25) is 0 Å². The minimum atomic E-state index is -0.484. The average molecular weight is 180 g/mol. The second-order valence-electron chi connectivity index (χ2n) is 2.01. The molecule has 0 saturated heterocycles. The normalized spacial score (nSPS) is 12.2. The van der Waals surface area contributed by atoms with Gasteiger partial charge in [0.15, 0.2) is 0 Å². The molecule has 4 nitrogen and oxygen atoms in total. The maximum absolute atomic E-state index is 10.6. The molecule has 2 N–H and O–H groups in total. The van der Waals surface area contributed by atoms with E-state index >= 15 is 0 Å². The topological polar surface area (TPSA) is 64.7 Å². The van der Waals surface area contributed by atoms with Crippen LogP contribution in [0, 0.1) is 0 Å². The molecular weight excluding hydrogens is 168 g/mol. The summed E-state index contributed by atoms with van der Waals surface area (Å²) in [7, 11) is 1.29. The third kappa shape index (κ3) is 6.55. The number of carbonyl (C=O) groups excluding carboxylic acids is 1. The summed E-state index contributed by atoms with van der Waals surface area (Å²) in [5.74, 6) is -0.484. The number of methoxy groups -OCH3 is 1. The van der Waals surface area contributed by atoms with Crippen LogP contribution < -0.4 is 5.73 Å². The second kappa shape index (κ2) is 6.84. The van der Waals surface area contributed by atoms with Gasteiger partial charge in [-0.3, -0.25) is 4.99 Å². The van der Waals surface area contributed by atoms with Crippen LogP contribution in [0.5, 0.6) is 0 Å². The molecule has 0 aromatic rings. The Balaban J connectivity index is 4.12. The number of hydrogen-bond acceptors (Lipinski definition) is 4. The van der Waals surface area contributed by atoms with Crippen LogP contribution in [0.25, 0.3) is 0 Å². The van der Waals surface area contributed by atoms with Gasteiger partial charge in [0, 0.05) is 24.2 Å². The first-order valence-corrected chi connectivity index (χ1v) is 3.56. The highest BCUT2D eigenvalue weighted by Crippen LogP contribution is 1.87. The Morgan fingerprint density at radius 1 is 1.62 bits per heavy atom. The molecule has 0 bridgehead atoms. The van der Waals surface area contributed by atoms with Gasteiger partial charge >= 0.3 is 5.97 Å². The standard InChI is InChI=1S/C9H12N2O2/c1-3-11-6-4-5-8(10)7-9(12)13-2/h3-7H,1,10H2,2H3/b5-4-,8-7-,11-6?. The van der Waals surface area contributed by atoms with E-state index in [1.54, 1.807) is 6.08 Å². The highest BCUT2D eigenvalue weighted by Gasteiger charge is 1.92. The Morgan fingerprint density at radius 2 is 2.31 bits per heavy atom. The first kappa shape index (κ1) is 11.2. The van der Waals surface area contributed by atoms with Crippen molar-refractivity contribution >= 4 is 12.2 Å². The van der Waals surface area contributed by atoms with Crippen molar-refractivity contribution in [2.24, 2.45) is 10.7 Å². The third-order valence-corrected chi connectivity index (χ3v) is 1.05. The number of aliphatic imine (C=N–C) groups is 1. The zero-order valence-electron chi connectivity index (χ0n) is 7.43. The summed E-state index contributed by atoms with van der Waals surface area (Å²) in [6.07, 6.45) is 7.20. The Kier molecular flexibility index (Phi) is 5.88. The van der Waals surface area contributed by atoms with Crippen LogP contribution >= 0.6 is 0 Å². The Hall–Kier alpha value is -1.84. The van der Waals surface area contributed by atoms with Crippen molar-refractivity contribution in [3.63, 3.8) is 0 Å². The van der Waals surface area contributed by atoms with Crippen LogP contribution in [0.4, 0.5) is 0 Å². The summed E-state index contributed by atoms with van der Waals surface area (Å²) in [6.45, 7) is 3.39. The fourth-order valence-electron chi connectivity index (χ4n) is 0.508. The lowest BCUT2D eigenvalue weighted by Gasteiger charge is -1.91. The molecule has 0 spiro atoms. The minimum absolute atomic E-state index is 0.308. The third-order valence-electron chi connectivity index (χ3n) is 1.05. The fraction of sp³-hybridized carbons (Fsp3) is 0.111. The Labute approximate surface area is 77.1 Å². The molecule has 0 radical (unpaired) electrons. The highest BCUT2D eigenvalue weighted by atomic mass is 16.5. The second-order valence-corrected chi connectivity index (χ2v) is 2.01. The number of hydrogen-bond donors (Lipinski definition) is 1. The molecule has 4 heteroatoms. The average Bonchev–Trinajstić information content (AvgIpc) is 2.12. The van der Waals surface area contributed by atoms with E-state index in [0.29, 0.717) is 5.70 Å². The zero-order chi connectivity index (χ0) is 10.1. The zero-order valence-corrected chi connectivity index (χ0v) is 7.43. The number of nitrogens with zero attached hydrogens (tertiary/aromatic N) is 1. The maximum Gasteiger partial charge on any atom is 0.332 e. The van der Waals surface area contributed by atoms with Crippen LogP contribution in [0.15, 0.2) is 41.7 Å². The van der Waals surface area contributed by atoms with Crippen LogP contribution in [0.1, 0.15) is 0 Å². The minimum Gasteiger partial charge on any atom is -0.466 e. The van der Waals surface area contributed by atoms with Crippen molar-refractivity contribution in [2.45, 2.75) is 0 Å². The van der Waals surface area contributed by atoms with Gasteiger partial charge in [-0.05, 0) is 12.2 Å². The van der Waals surface area contributed by atoms with Gasteiger partial charge < -0.3 is 10.5 Å². The first-order valence-electron chi connectivity index (χ1n) is 3.56. The number of rotatable bonds is 4. The molecule has 0 aliphatic heterocycles. The summed E-state index contributed by atoms with van der Waals surface area (Å²) in [5.41, 5.74) is 5.73. The van der Waals surface area contributed by atoms with E-state index in [1.165, 1.54) is 31.7 Å². The Bertz CT molecular complexity index is 265. The molecule has 0 heterocycles. The Morgan fingerprint density at radius 3 is 2.85 bits per heavy atom. The molecule has 0 unspecified atom stereocenters. The molecule has 0 aliphatic rings. The summed E-state index contributed by atoms with van der Waals surface area (Å²) >= 11 is 0. The van der Waals surface area contributed by atoms with Crippen LogP contribution in [-0.2, 0) is 9.53 Å². The van der Waals surface area contributed by atoms with Gasteiger partial charge in [-0.25, -0.2) is 4.79 Å². The van der Waals surface area contributed by atoms with Crippen molar-refractivity contribution in [1.82, 2.24) is 0 Å². The van der Waals surface area contributed by atoms with Gasteiger partial charge in [-0.15, -0.1) is 0 Å². The SMILES string of the molecule is C=CN=C/C=C\C(N)=C\C(=O)OC. The summed E-state index contributed by atoms with van der Waals surface area (Å²) in [5, 5.41) is 0. The summed E-state index contributed by atoms with van der Waals surface area (Å²) in [6, 6.07) is 0. The number of carbonyl (C=O) groups is 1. The predicted octanol–water partition coefficient (Wildman–Crippen LogP) is 0.773. The lowest BCUT2D eigenvalue weighted by atomic mass is 10.3. The molecule has 0 amide bonds. The molecule has 0 rings (SSSR count). The largest absolute Gasteiger partial charge is 0.466 e. The number of nitrogens with two attached hydrogens (primary N) is 1. The van der Waals surface area contributed by atoms with E-state index in [-0.39, 0.29) is 0 Å². The molecule has 0 fully saturated rings. The first-order chi connectivity index (χ1) is 6.20. The lowest BCUT2D eigenvalue weighted by molar-refractivity contribution is -0.134. The molecule has 13 heavy (non-hydrogen) atoms. The van der Waals surface area contributed by atoms with Gasteiger partial charge in [0.05, 0.1) is 7.11 Å². The fourth-order valence-corrected chi connectivity index (χ4v) is 0.508. The van der Waals surface area contributed by atoms with E-state index < -0.39 is 5.97 Å². The van der Waals surface area contributed by atoms with Gasteiger partial charge in [-0.2, -0.15) is 0 Å². The number of ether oxygens (including phenoxy) is 1.